The fourth-order valence-electron chi connectivity index (χ4n) is 1.92. The van der Waals surface area contributed by atoms with Crippen LogP contribution in [0, 0.1) is 0 Å². The molecule has 118 valence electrons. The second kappa shape index (κ2) is 9.23. The highest BCUT2D eigenvalue weighted by atomic mass is 16.5. The van der Waals surface area contributed by atoms with Crippen LogP contribution in [0.2, 0.25) is 0 Å². The van der Waals surface area contributed by atoms with Gasteiger partial charge in [0.05, 0.1) is 12.8 Å². The Morgan fingerprint density at radius 1 is 1.33 bits per heavy atom. The molecule has 0 heterocycles. The molecular weight excluding hydrogens is 268 g/mol. The highest BCUT2D eigenvalue weighted by Crippen LogP contribution is 2.26. The van der Waals surface area contributed by atoms with Gasteiger partial charge in [0.2, 0.25) is 0 Å². The van der Waals surface area contributed by atoms with Crippen molar-refractivity contribution < 1.29 is 14.3 Å². The number of anilines is 2. The fourth-order valence-corrected chi connectivity index (χ4v) is 1.92. The van der Waals surface area contributed by atoms with Gasteiger partial charge in [0.25, 0.3) is 5.91 Å². The van der Waals surface area contributed by atoms with E-state index in [1.807, 2.05) is 0 Å². The maximum atomic E-state index is 12.1. The molecule has 0 aliphatic carbocycles. The van der Waals surface area contributed by atoms with Gasteiger partial charge in [-0.15, -0.1) is 0 Å². The van der Waals surface area contributed by atoms with Crippen molar-refractivity contribution in [2.45, 2.75) is 45.6 Å². The maximum Gasteiger partial charge on any atom is 0.253 e. The monoisotopic (exact) mass is 294 g/mol. The lowest BCUT2D eigenvalue weighted by Gasteiger charge is -2.15. The van der Waals surface area contributed by atoms with Gasteiger partial charge in [0.1, 0.15) is 11.9 Å². The number of amides is 1. The predicted molar refractivity (Wildman–Crippen MR) is 85.6 cm³/mol. The van der Waals surface area contributed by atoms with Gasteiger partial charge in [-0.2, -0.15) is 0 Å². The molecule has 21 heavy (non-hydrogen) atoms. The average molecular weight is 294 g/mol. The van der Waals surface area contributed by atoms with Gasteiger partial charge in [0, 0.05) is 12.3 Å². The first-order valence-electron chi connectivity index (χ1n) is 7.44. The molecule has 0 bridgehead atoms. The lowest BCUT2D eigenvalue weighted by molar-refractivity contribution is -0.126. The van der Waals surface area contributed by atoms with Crippen molar-refractivity contribution in [3.05, 3.63) is 18.2 Å². The first kappa shape index (κ1) is 17.3. The van der Waals surface area contributed by atoms with Gasteiger partial charge >= 0.3 is 0 Å². The van der Waals surface area contributed by atoms with Gasteiger partial charge in [0.15, 0.2) is 0 Å². The van der Waals surface area contributed by atoms with Gasteiger partial charge in [-0.05, 0) is 31.5 Å². The minimum Gasteiger partial charge on any atom is -0.495 e. The number of nitrogen functional groups attached to an aromatic ring is 1. The summed E-state index contributed by atoms with van der Waals surface area (Å²) in [6.45, 7) is 4.51. The number of rotatable bonds is 9. The summed E-state index contributed by atoms with van der Waals surface area (Å²) >= 11 is 0. The van der Waals surface area contributed by atoms with Gasteiger partial charge < -0.3 is 20.5 Å². The lowest BCUT2D eigenvalue weighted by atomic mass is 10.2. The number of nitrogens with two attached hydrogens (primary N) is 1. The van der Waals surface area contributed by atoms with E-state index in [9.17, 15) is 4.79 Å². The second-order valence-corrected chi connectivity index (χ2v) is 5.02. The van der Waals surface area contributed by atoms with E-state index >= 15 is 0 Å². The maximum absolute atomic E-state index is 12.1. The molecule has 1 aromatic rings. The molecule has 0 aromatic heterocycles. The SMILES string of the molecule is CCCCCCOC(C)C(=O)Nc1cc(N)ccc1OC. The zero-order chi connectivity index (χ0) is 15.7. The third-order valence-electron chi connectivity index (χ3n) is 3.22. The van der Waals surface area contributed by atoms with Crippen LogP contribution in [0.5, 0.6) is 5.75 Å². The van der Waals surface area contributed by atoms with Gasteiger partial charge in [-0.25, -0.2) is 0 Å². The third-order valence-corrected chi connectivity index (χ3v) is 3.22. The van der Waals surface area contributed by atoms with Gasteiger partial charge in [-0.1, -0.05) is 26.2 Å². The molecule has 3 N–H and O–H groups in total. The van der Waals surface area contributed by atoms with Crippen molar-refractivity contribution in [3.63, 3.8) is 0 Å². The van der Waals surface area contributed by atoms with Crippen LogP contribution in [-0.4, -0.2) is 25.7 Å². The molecule has 0 radical (unpaired) electrons. The van der Waals surface area contributed by atoms with Crippen molar-refractivity contribution in [1.29, 1.82) is 0 Å². The highest BCUT2D eigenvalue weighted by molar-refractivity contribution is 5.95. The summed E-state index contributed by atoms with van der Waals surface area (Å²) in [4.78, 5) is 12.1. The summed E-state index contributed by atoms with van der Waals surface area (Å²) in [6, 6.07) is 5.12. The molecule has 0 spiro atoms. The summed E-state index contributed by atoms with van der Waals surface area (Å²) < 4.78 is 10.7. The van der Waals surface area contributed by atoms with Crippen LogP contribution in [-0.2, 0) is 9.53 Å². The number of unbranched alkanes of at least 4 members (excludes halogenated alkanes) is 3. The first-order valence-corrected chi connectivity index (χ1v) is 7.44. The molecule has 5 nitrogen and oxygen atoms in total. The molecule has 0 fully saturated rings. The molecule has 1 aromatic carbocycles. The quantitative estimate of drug-likeness (QED) is 0.542. The Morgan fingerprint density at radius 2 is 2.10 bits per heavy atom. The first-order chi connectivity index (χ1) is 10.1. The lowest BCUT2D eigenvalue weighted by Crippen LogP contribution is -2.28. The second-order valence-electron chi connectivity index (χ2n) is 5.02. The Hall–Kier alpha value is -1.75. The molecule has 0 saturated heterocycles. The number of methoxy groups -OCH3 is 1. The predicted octanol–water partition coefficient (Wildman–Crippen LogP) is 3.20. The van der Waals surface area contributed by atoms with Crippen molar-refractivity contribution >= 4 is 17.3 Å². The number of carbonyl (C=O) groups is 1. The molecule has 0 aliphatic heterocycles. The molecule has 1 atom stereocenters. The number of ether oxygens (including phenoxy) is 2. The standard InChI is InChI=1S/C16H26N2O3/c1-4-5-6-7-10-21-12(2)16(19)18-14-11-13(17)8-9-15(14)20-3/h8-9,11-12H,4-7,10,17H2,1-3H3,(H,18,19). The number of carbonyl (C=O) groups excluding carboxylic acids is 1. The van der Waals surface area contributed by atoms with E-state index in [-0.39, 0.29) is 5.91 Å². The minimum absolute atomic E-state index is 0.200. The summed E-state index contributed by atoms with van der Waals surface area (Å²) in [5.74, 6) is 0.377. The highest BCUT2D eigenvalue weighted by Gasteiger charge is 2.15. The van der Waals surface area contributed by atoms with Crippen molar-refractivity contribution in [1.82, 2.24) is 0 Å². The molecule has 0 aliphatic rings. The minimum atomic E-state index is -0.502. The van der Waals surface area contributed by atoms with Crippen LogP contribution < -0.4 is 15.8 Å². The Bertz CT molecular complexity index is 449. The zero-order valence-corrected chi connectivity index (χ0v) is 13.1. The largest absolute Gasteiger partial charge is 0.495 e. The third kappa shape index (κ3) is 6.04. The summed E-state index contributed by atoms with van der Waals surface area (Å²) in [6.07, 6.45) is 3.99. The Balaban J connectivity index is 2.46. The van der Waals surface area contributed by atoms with E-state index in [0.717, 1.165) is 12.8 Å². The topological polar surface area (TPSA) is 73.6 Å². The van der Waals surface area contributed by atoms with Crippen molar-refractivity contribution in [3.8, 4) is 5.75 Å². The Morgan fingerprint density at radius 3 is 2.76 bits per heavy atom. The number of hydrogen-bond acceptors (Lipinski definition) is 4. The van der Waals surface area contributed by atoms with Crippen LogP contribution in [0.4, 0.5) is 11.4 Å². The zero-order valence-electron chi connectivity index (χ0n) is 13.1. The number of hydrogen-bond donors (Lipinski definition) is 2. The van der Waals surface area contributed by atoms with E-state index in [0.29, 0.717) is 23.7 Å². The van der Waals surface area contributed by atoms with Crippen LogP contribution in [0.15, 0.2) is 18.2 Å². The number of nitrogens with one attached hydrogen (secondary N) is 1. The average Bonchev–Trinajstić information content (AvgIpc) is 2.47. The molecule has 0 saturated carbocycles. The van der Waals surface area contributed by atoms with Crippen molar-refractivity contribution in [2.24, 2.45) is 0 Å². The molecule has 1 rings (SSSR count). The Labute approximate surface area is 126 Å². The van der Waals surface area contributed by atoms with E-state index in [4.69, 9.17) is 15.2 Å². The van der Waals surface area contributed by atoms with Crippen LogP contribution in [0.1, 0.15) is 39.5 Å². The molecule has 1 amide bonds. The summed E-state index contributed by atoms with van der Waals surface area (Å²) in [5.41, 5.74) is 6.85. The van der Waals surface area contributed by atoms with E-state index in [1.54, 1.807) is 32.2 Å². The normalized spacial score (nSPS) is 12.0. The van der Waals surface area contributed by atoms with E-state index in [1.165, 1.54) is 12.8 Å². The Kier molecular flexibility index (Phi) is 7.61. The van der Waals surface area contributed by atoms with E-state index < -0.39 is 6.10 Å². The summed E-state index contributed by atoms with van der Waals surface area (Å²) in [7, 11) is 1.55. The van der Waals surface area contributed by atoms with E-state index in [2.05, 4.69) is 12.2 Å². The fraction of sp³-hybridized carbons (Fsp3) is 0.562. The van der Waals surface area contributed by atoms with Gasteiger partial charge in [-0.3, -0.25) is 4.79 Å². The van der Waals surface area contributed by atoms with Crippen LogP contribution >= 0.6 is 0 Å². The van der Waals surface area contributed by atoms with Crippen LogP contribution in [0.25, 0.3) is 0 Å². The summed E-state index contributed by atoms with van der Waals surface area (Å²) in [5, 5.41) is 2.79. The molecule has 5 heteroatoms. The van der Waals surface area contributed by atoms with Crippen molar-refractivity contribution in [2.75, 3.05) is 24.8 Å². The number of benzene rings is 1. The molecular formula is C16H26N2O3. The molecule has 1 unspecified atom stereocenters. The van der Waals surface area contributed by atoms with Crippen LogP contribution in [0.3, 0.4) is 0 Å². The smallest absolute Gasteiger partial charge is 0.253 e.